The van der Waals surface area contributed by atoms with Crippen LogP contribution in [-0.2, 0) is 18.4 Å². The summed E-state index contributed by atoms with van der Waals surface area (Å²) < 4.78 is 3.42. The molecule has 4 rings (SSSR count). The third-order valence-corrected chi connectivity index (χ3v) is 6.75. The molecule has 9 nitrogen and oxygen atoms in total. The minimum Gasteiger partial charge on any atom is -0.339 e. The SMILES string of the molecule is CCn1nccc1C(=O)N[C@H](C(=O)Nc1ccc(-c2c(C)cnn2C)nc1)C1CCC(C)CC1. The van der Waals surface area contributed by atoms with Crippen molar-refractivity contribution in [3.05, 3.63) is 48.0 Å². The Hall–Kier alpha value is -3.49. The van der Waals surface area contributed by atoms with Gasteiger partial charge >= 0.3 is 0 Å². The summed E-state index contributed by atoms with van der Waals surface area (Å²) in [5.41, 5.74) is 3.81. The summed E-state index contributed by atoms with van der Waals surface area (Å²) in [5, 5.41) is 14.4. The zero-order chi connectivity index (χ0) is 24.2. The van der Waals surface area contributed by atoms with Crippen molar-refractivity contribution >= 4 is 17.5 Å². The second-order valence-electron chi connectivity index (χ2n) is 9.22. The average Bonchev–Trinajstić information content (AvgIpc) is 3.45. The lowest BCUT2D eigenvalue weighted by Gasteiger charge is -2.32. The summed E-state index contributed by atoms with van der Waals surface area (Å²) in [4.78, 5) is 30.9. The fourth-order valence-electron chi connectivity index (χ4n) is 4.75. The number of anilines is 1. The summed E-state index contributed by atoms with van der Waals surface area (Å²) in [6.45, 7) is 6.74. The van der Waals surface area contributed by atoms with Crippen molar-refractivity contribution in [3.8, 4) is 11.4 Å². The van der Waals surface area contributed by atoms with Crippen molar-refractivity contribution in [2.75, 3.05) is 5.32 Å². The molecule has 0 aliphatic heterocycles. The van der Waals surface area contributed by atoms with Crippen molar-refractivity contribution in [1.82, 2.24) is 29.9 Å². The first kappa shape index (κ1) is 23.7. The molecule has 0 aromatic carbocycles. The fraction of sp³-hybridized carbons (Fsp3) is 0.480. The van der Waals surface area contributed by atoms with E-state index in [2.05, 4.69) is 32.7 Å². The van der Waals surface area contributed by atoms with Crippen molar-refractivity contribution in [3.63, 3.8) is 0 Å². The van der Waals surface area contributed by atoms with Crippen LogP contribution < -0.4 is 10.6 Å². The van der Waals surface area contributed by atoms with E-state index in [1.54, 1.807) is 34.0 Å². The second kappa shape index (κ2) is 10.2. The van der Waals surface area contributed by atoms with E-state index in [9.17, 15) is 9.59 Å². The third kappa shape index (κ3) is 5.03. The molecule has 2 amide bonds. The molecule has 3 heterocycles. The second-order valence-corrected chi connectivity index (χ2v) is 9.22. The van der Waals surface area contributed by atoms with Crippen LogP contribution >= 0.6 is 0 Å². The third-order valence-electron chi connectivity index (χ3n) is 6.75. The minimum absolute atomic E-state index is 0.0856. The first-order valence-electron chi connectivity index (χ1n) is 12.0. The summed E-state index contributed by atoms with van der Waals surface area (Å²) in [6.07, 6.45) is 8.97. The van der Waals surface area contributed by atoms with Gasteiger partial charge in [0.15, 0.2) is 0 Å². The van der Waals surface area contributed by atoms with E-state index >= 15 is 0 Å². The van der Waals surface area contributed by atoms with Gasteiger partial charge in [0.25, 0.3) is 5.91 Å². The number of hydrogen-bond acceptors (Lipinski definition) is 5. The van der Waals surface area contributed by atoms with Gasteiger partial charge in [-0.25, -0.2) is 0 Å². The van der Waals surface area contributed by atoms with Gasteiger partial charge in [-0.05, 0) is 62.3 Å². The molecule has 3 aromatic rings. The molecule has 0 unspecified atom stereocenters. The largest absolute Gasteiger partial charge is 0.339 e. The number of hydrogen-bond donors (Lipinski definition) is 2. The Morgan fingerprint density at radius 3 is 2.50 bits per heavy atom. The maximum Gasteiger partial charge on any atom is 0.270 e. The van der Waals surface area contributed by atoms with Crippen LogP contribution in [0.5, 0.6) is 0 Å². The van der Waals surface area contributed by atoms with Crippen LogP contribution in [0.3, 0.4) is 0 Å². The highest BCUT2D eigenvalue weighted by atomic mass is 16.2. The lowest BCUT2D eigenvalue weighted by Crippen LogP contribution is -2.49. The number of nitrogens with one attached hydrogen (secondary N) is 2. The first-order valence-corrected chi connectivity index (χ1v) is 12.0. The molecule has 2 N–H and O–H groups in total. The van der Waals surface area contributed by atoms with E-state index in [0.29, 0.717) is 23.8 Å². The Morgan fingerprint density at radius 1 is 1.12 bits per heavy atom. The number of carbonyl (C=O) groups excluding carboxylic acids is 2. The van der Waals surface area contributed by atoms with Crippen LogP contribution in [0.4, 0.5) is 5.69 Å². The van der Waals surface area contributed by atoms with E-state index in [1.807, 2.05) is 33.0 Å². The molecule has 1 atom stereocenters. The molecular weight excluding hydrogens is 430 g/mol. The number of pyridine rings is 1. The van der Waals surface area contributed by atoms with E-state index in [1.165, 1.54) is 0 Å². The summed E-state index contributed by atoms with van der Waals surface area (Å²) >= 11 is 0. The van der Waals surface area contributed by atoms with Gasteiger partial charge in [0, 0.05) is 19.8 Å². The van der Waals surface area contributed by atoms with Gasteiger partial charge in [-0.2, -0.15) is 10.2 Å². The van der Waals surface area contributed by atoms with Crippen molar-refractivity contribution in [2.45, 2.75) is 59.0 Å². The number of aromatic nitrogens is 5. The van der Waals surface area contributed by atoms with Gasteiger partial charge in [0.05, 0.1) is 29.5 Å². The Kier molecular flexibility index (Phi) is 7.09. The molecule has 34 heavy (non-hydrogen) atoms. The van der Waals surface area contributed by atoms with E-state index in [0.717, 1.165) is 42.6 Å². The van der Waals surface area contributed by atoms with Crippen LogP contribution in [0.2, 0.25) is 0 Å². The number of aryl methyl sites for hydroxylation is 3. The molecule has 0 radical (unpaired) electrons. The Bertz CT molecular complexity index is 1120. The molecule has 1 fully saturated rings. The number of carbonyl (C=O) groups is 2. The van der Waals surface area contributed by atoms with Crippen LogP contribution in [-0.4, -0.2) is 42.4 Å². The highest BCUT2D eigenvalue weighted by Crippen LogP contribution is 2.31. The highest BCUT2D eigenvalue weighted by Gasteiger charge is 2.33. The number of amides is 2. The molecule has 1 saturated carbocycles. The highest BCUT2D eigenvalue weighted by molar-refractivity contribution is 6.00. The van der Waals surface area contributed by atoms with Crippen LogP contribution in [0, 0.1) is 18.8 Å². The summed E-state index contributed by atoms with van der Waals surface area (Å²) in [7, 11) is 1.88. The smallest absolute Gasteiger partial charge is 0.270 e. The molecule has 0 saturated heterocycles. The van der Waals surface area contributed by atoms with Crippen molar-refractivity contribution < 1.29 is 9.59 Å². The Morgan fingerprint density at radius 2 is 1.88 bits per heavy atom. The zero-order valence-corrected chi connectivity index (χ0v) is 20.3. The quantitative estimate of drug-likeness (QED) is 0.557. The first-order chi connectivity index (χ1) is 16.4. The van der Waals surface area contributed by atoms with Crippen LogP contribution in [0.25, 0.3) is 11.4 Å². The van der Waals surface area contributed by atoms with Gasteiger partial charge in [-0.3, -0.25) is 23.9 Å². The summed E-state index contributed by atoms with van der Waals surface area (Å²) in [6, 6.07) is 4.76. The molecule has 1 aliphatic carbocycles. The van der Waals surface area contributed by atoms with Gasteiger partial charge in [0.1, 0.15) is 11.7 Å². The van der Waals surface area contributed by atoms with Gasteiger partial charge < -0.3 is 10.6 Å². The predicted molar refractivity (Wildman–Crippen MR) is 130 cm³/mol. The maximum atomic E-state index is 13.4. The fourth-order valence-corrected chi connectivity index (χ4v) is 4.75. The van der Waals surface area contributed by atoms with Gasteiger partial charge in [0.2, 0.25) is 5.91 Å². The van der Waals surface area contributed by atoms with Gasteiger partial charge in [-0.15, -0.1) is 0 Å². The molecular formula is C25H33N7O2. The predicted octanol–water partition coefficient (Wildman–Crippen LogP) is 3.57. The molecule has 1 aliphatic rings. The monoisotopic (exact) mass is 463 g/mol. The van der Waals surface area contributed by atoms with Gasteiger partial charge in [-0.1, -0.05) is 19.8 Å². The standard InChI is InChI=1S/C25H33N7O2/c1-5-32-21(12-13-27-32)24(33)30-22(18-8-6-16(2)7-9-18)25(34)29-19-10-11-20(26-15-19)23-17(3)14-28-31(23)4/h10-16,18,22H,5-9H2,1-4H3,(H,29,34)(H,30,33)/t16?,18?,22-/m0/s1. The Labute approximate surface area is 200 Å². The maximum absolute atomic E-state index is 13.4. The van der Waals surface area contributed by atoms with E-state index in [-0.39, 0.29) is 17.7 Å². The zero-order valence-electron chi connectivity index (χ0n) is 20.3. The number of rotatable bonds is 7. The molecule has 180 valence electrons. The Balaban J connectivity index is 1.51. The molecule has 3 aromatic heterocycles. The van der Waals surface area contributed by atoms with E-state index in [4.69, 9.17) is 0 Å². The molecule has 0 spiro atoms. The van der Waals surface area contributed by atoms with Crippen LogP contribution in [0.1, 0.15) is 55.6 Å². The van der Waals surface area contributed by atoms with Crippen LogP contribution in [0.15, 0.2) is 36.8 Å². The average molecular weight is 464 g/mol. The molecule has 0 bridgehead atoms. The molecule has 9 heteroatoms. The lowest BCUT2D eigenvalue weighted by molar-refractivity contribution is -0.119. The summed E-state index contributed by atoms with van der Waals surface area (Å²) in [5.74, 6) is 0.229. The normalized spacial score (nSPS) is 18.9. The minimum atomic E-state index is -0.626. The van der Waals surface area contributed by atoms with Crippen molar-refractivity contribution in [2.24, 2.45) is 18.9 Å². The number of nitrogens with zero attached hydrogens (tertiary/aromatic N) is 5. The lowest BCUT2D eigenvalue weighted by atomic mass is 9.79. The topological polar surface area (TPSA) is 107 Å². The van der Waals surface area contributed by atoms with E-state index < -0.39 is 6.04 Å². The van der Waals surface area contributed by atoms with Crippen molar-refractivity contribution in [1.29, 1.82) is 0 Å².